The Morgan fingerprint density at radius 1 is 0.250 bits per heavy atom. The van der Waals surface area contributed by atoms with E-state index in [1.165, 1.54) is 0 Å². The number of ether oxygens (including phenoxy) is 6. The number of nitrogens with zero attached hydrogens (tertiary/aromatic N) is 2. The minimum atomic E-state index is 0.419. The van der Waals surface area contributed by atoms with Gasteiger partial charge in [-0.05, 0) is 70.8 Å². The van der Waals surface area contributed by atoms with Crippen LogP contribution in [0.15, 0.2) is 216 Å². The fourth-order valence-electron chi connectivity index (χ4n) is 6.06. The molecule has 0 aliphatic heterocycles. The Morgan fingerprint density at radius 3 is 0.767 bits per heavy atom. The fraction of sp³-hybridized carbons (Fsp3) is 0.0769. The standard InChI is InChI=1S/C52H42N2O6/c1-5-13-39(14-6-1)35-55-47-29-48(56-36-40-15-7-2-8-16-40)32-51(31-47)59-45-25-21-43(22-26-45)53-54-44-23-27-46(28-24-44)60-52-33-49(57-37-41-17-9-3-10-18-41)30-50(34-52)58-38-42-19-11-4-12-20-42/h1-34H,35-38H2. The Hall–Kier alpha value is -7.84. The average Bonchev–Trinajstić information content (AvgIpc) is 3.30. The third kappa shape index (κ3) is 11.8. The largest absolute Gasteiger partial charge is 0.489 e. The molecule has 60 heavy (non-hydrogen) atoms. The molecule has 0 saturated carbocycles. The summed E-state index contributed by atoms with van der Waals surface area (Å²) in [5.41, 5.74) is 5.60. The predicted octanol–water partition coefficient (Wildman–Crippen LogP) is 14.0. The second-order valence-electron chi connectivity index (χ2n) is 13.8. The van der Waals surface area contributed by atoms with Gasteiger partial charge in [0, 0.05) is 36.4 Å². The highest BCUT2D eigenvalue weighted by molar-refractivity contribution is 5.49. The lowest BCUT2D eigenvalue weighted by Crippen LogP contribution is -1.98. The van der Waals surface area contributed by atoms with Crippen molar-refractivity contribution in [1.29, 1.82) is 0 Å². The zero-order valence-electron chi connectivity index (χ0n) is 32.8. The van der Waals surface area contributed by atoms with Gasteiger partial charge in [0.2, 0.25) is 0 Å². The van der Waals surface area contributed by atoms with Crippen LogP contribution in [0.3, 0.4) is 0 Å². The van der Waals surface area contributed by atoms with Gasteiger partial charge in [0.1, 0.15) is 72.4 Å². The molecular formula is C52H42N2O6. The topological polar surface area (TPSA) is 80.1 Å². The zero-order valence-corrected chi connectivity index (χ0v) is 32.8. The second kappa shape index (κ2) is 20.0. The molecule has 0 spiro atoms. The highest BCUT2D eigenvalue weighted by atomic mass is 16.5. The van der Waals surface area contributed by atoms with E-state index < -0.39 is 0 Å². The van der Waals surface area contributed by atoms with Gasteiger partial charge in [0.05, 0.1) is 11.4 Å². The maximum absolute atomic E-state index is 6.26. The maximum atomic E-state index is 6.26. The van der Waals surface area contributed by atoms with Gasteiger partial charge in [-0.3, -0.25) is 0 Å². The van der Waals surface area contributed by atoms with Gasteiger partial charge in [0.15, 0.2) is 0 Å². The first-order chi connectivity index (χ1) is 29.6. The Morgan fingerprint density at radius 2 is 0.500 bits per heavy atom. The summed E-state index contributed by atoms with van der Waals surface area (Å²) in [6.07, 6.45) is 0. The van der Waals surface area contributed by atoms with Crippen molar-refractivity contribution in [2.45, 2.75) is 26.4 Å². The molecule has 0 N–H and O–H groups in total. The number of azo groups is 1. The minimum absolute atomic E-state index is 0.419. The quantitative estimate of drug-likeness (QED) is 0.0805. The predicted molar refractivity (Wildman–Crippen MR) is 233 cm³/mol. The van der Waals surface area contributed by atoms with Crippen LogP contribution in [0.25, 0.3) is 0 Å². The number of benzene rings is 8. The smallest absolute Gasteiger partial charge is 0.134 e. The van der Waals surface area contributed by atoms with Gasteiger partial charge in [-0.25, -0.2) is 0 Å². The first kappa shape index (κ1) is 39.0. The molecule has 0 bridgehead atoms. The van der Waals surface area contributed by atoms with Gasteiger partial charge in [-0.1, -0.05) is 121 Å². The number of hydrogen-bond acceptors (Lipinski definition) is 8. The lowest BCUT2D eigenvalue weighted by atomic mass is 10.2. The van der Waals surface area contributed by atoms with Gasteiger partial charge in [0.25, 0.3) is 0 Å². The number of hydrogen-bond donors (Lipinski definition) is 0. The van der Waals surface area contributed by atoms with E-state index in [1.807, 2.05) is 206 Å². The van der Waals surface area contributed by atoms with Crippen molar-refractivity contribution in [3.63, 3.8) is 0 Å². The van der Waals surface area contributed by atoms with E-state index in [2.05, 4.69) is 10.2 Å². The van der Waals surface area contributed by atoms with Crippen LogP contribution in [0.5, 0.6) is 46.0 Å². The summed E-state index contributed by atoms with van der Waals surface area (Å²) in [6, 6.07) is 66.1. The molecule has 0 aliphatic carbocycles. The third-order valence-corrected chi connectivity index (χ3v) is 9.13. The lowest BCUT2D eigenvalue weighted by molar-refractivity contribution is 0.287. The summed E-state index contributed by atoms with van der Waals surface area (Å²) in [6.45, 7) is 1.68. The molecular weight excluding hydrogens is 749 g/mol. The summed E-state index contributed by atoms with van der Waals surface area (Å²) in [4.78, 5) is 0. The monoisotopic (exact) mass is 790 g/mol. The molecule has 8 aromatic rings. The summed E-state index contributed by atoms with van der Waals surface area (Å²) in [7, 11) is 0. The third-order valence-electron chi connectivity index (χ3n) is 9.13. The molecule has 0 aliphatic rings. The van der Waals surface area contributed by atoms with E-state index in [-0.39, 0.29) is 0 Å². The van der Waals surface area contributed by atoms with Gasteiger partial charge in [-0.15, -0.1) is 0 Å². The van der Waals surface area contributed by atoms with Crippen molar-refractivity contribution >= 4 is 11.4 Å². The molecule has 296 valence electrons. The van der Waals surface area contributed by atoms with Crippen LogP contribution in [0.4, 0.5) is 11.4 Å². The number of rotatable bonds is 18. The van der Waals surface area contributed by atoms with Crippen LogP contribution in [0.1, 0.15) is 22.3 Å². The molecule has 0 aromatic heterocycles. The van der Waals surface area contributed by atoms with Crippen LogP contribution in [0, 0.1) is 0 Å². The fourth-order valence-corrected chi connectivity index (χ4v) is 6.06. The molecule has 8 aromatic carbocycles. The van der Waals surface area contributed by atoms with Crippen molar-refractivity contribution in [1.82, 2.24) is 0 Å². The van der Waals surface area contributed by atoms with Crippen LogP contribution >= 0.6 is 0 Å². The molecule has 8 heteroatoms. The van der Waals surface area contributed by atoms with Crippen molar-refractivity contribution in [3.05, 3.63) is 229 Å². The maximum Gasteiger partial charge on any atom is 0.134 e. The van der Waals surface area contributed by atoms with Crippen molar-refractivity contribution in [3.8, 4) is 46.0 Å². The minimum Gasteiger partial charge on any atom is -0.489 e. The molecule has 0 fully saturated rings. The second-order valence-corrected chi connectivity index (χ2v) is 13.8. The Kier molecular flexibility index (Phi) is 13.0. The summed E-state index contributed by atoms with van der Waals surface area (Å²) >= 11 is 0. The highest BCUT2D eigenvalue weighted by Crippen LogP contribution is 2.35. The Balaban J connectivity index is 0.900. The Labute approximate surface area is 349 Å². The van der Waals surface area contributed by atoms with Crippen molar-refractivity contribution < 1.29 is 28.4 Å². The molecule has 0 saturated heterocycles. The summed E-state index contributed by atoms with van der Waals surface area (Å²) in [5, 5.41) is 8.88. The average molecular weight is 791 g/mol. The van der Waals surface area contributed by atoms with Crippen LogP contribution in [-0.4, -0.2) is 0 Å². The van der Waals surface area contributed by atoms with E-state index in [1.54, 1.807) is 0 Å². The molecule has 0 amide bonds. The van der Waals surface area contributed by atoms with E-state index in [9.17, 15) is 0 Å². The Bertz CT molecular complexity index is 2260. The van der Waals surface area contributed by atoms with Gasteiger partial charge < -0.3 is 28.4 Å². The summed E-state index contributed by atoms with van der Waals surface area (Å²) < 4.78 is 37.1. The molecule has 8 nitrogen and oxygen atoms in total. The van der Waals surface area contributed by atoms with E-state index in [0.29, 0.717) is 83.8 Å². The normalized spacial score (nSPS) is 10.9. The molecule has 0 radical (unpaired) electrons. The van der Waals surface area contributed by atoms with E-state index >= 15 is 0 Å². The summed E-state index contributed by atoms with van der Waals surface area (Å²) in [5.74, 6) is 4.99. The van der Waals surface area contributed by atoms with Gasteiger partial charge >= 0.3 is 0 Å². The SMILES string of the molecule is c1ccc(COc2cc(OCc3ccccc3)cc(Oc3ccc(N=Nc4ccc(Oc5cc(OCc6ccccc6)cc(OCc6ccccc6)c5)cc4)cc3)c2)cc1. The zero-order chi connectivity index (χ0) is 40.6. The van der Waals surface area contributed by atoms with Crippen molar-refractivity contribution in [2.24, 2.45) is 10.2 Å². The molecule has 8 rings (SSSR count). The van der Waals surface area contributed by atoms with E-state index in [4.69, 9.17) is 28.4 Å². The van der Waals surface area contributed by atoms with Gasteiger partial charge in [-0.2, -0.15) is 10.2 Å². The molecule has 0 atom stereocenters. The lowest BCUT2D eigenvalue weighted by Gasteiger charge is -2.13. The first-order valence-corrected chi connectivity index (χ1v) is 19.6. The first-order valence-electron chi connectivity index (χ1n) is 19.6. The van der Waals surface area contributed by atoms with Crippen LogP contribution in [0.2, 0.25) is 0 Å². The van der Waals surface area contributed by atoms with E-state index in [0.717, 1.165) is 22.3 Å². The molecule has 0 unspecified atom stereocenters. The van der Waals surface area contributed by atoms with Crippen LogP contribution in [-0.2, 0) is 26.4 Å². The highest BCUT2D eigenvalue weighted by Gasteiger charge is 2.10. The van der Waals surface area contributed by atoms with Crippen LogP contribution < -0.4 is 28.4 Å². The molecule has 0 heterocycles. The van der Waals surface area contributed by atoms with Crippen molar-refractivity contribution in [2.75, 3.05) is 0 Å².